The Morgan fingerprint density at radius 2 is 1.17 bits per heavy atom. The number of hydrogen-bond donors (Lipinski definition) is 4. The highest BCUT2D eigenvalue weighted by Gasteiger charge is 2.27. The summed E-state index contributed by atoms with van der Waals surface area (Å²) in [5.41, 5.74) is 0. The van der Waals surface area contributed by atoms with Crippen LogP contribution in [0.2, 0.25) is 0 Å². The molecule has 5 heteroatoms. The van der Waals surface area contributed by atoms with E-state index < -0.39 is 24.8 Å². The lowest BCUT2D eigenvalue weighted by Crippen LogP contribution is -2.51. The van der Waals surface area contributed by atoms with Crippen LogP contribution in [0.15, 0.2) is 0 Å². The summed E-state index contributed by atoms with van der Waals surface area (Å²) in [5.74, 6) is 0. The van der Waals surface area contributed by atoms with Crippen molar-refractivity contribution in [3.63, 3.8) is 0 Å². The minimum atomic E-state index is -1.26. The molecule has 74 valence electrons. The molecule has 0 aromatic carbocycles. The van der Waals surface area contributed by atoms with Gasteiger partial charge in [0.25, 0.3) is 0 Å². The Kier molecular flexibility index (Phi) is 4.66. The first-order chi connectivity index (χ1) is 5.37. The van der Waals surface area contributed by atoms with Crippen LogP contribution in [0.1, 0.15) is 20.8 Å². The first-order valence-electron chi connectivity index (χ1n) is 3.87. The van der Waals surface area contributed by atoms with E-state index in [2.05, 4.69) is 0 Å². The van der Waals surface area contributed by atoms with Gasteiger partial charge in [-0.2, -0.15) is 0 Å². The first-order valence-corrected chi connectivity index (χ1v) is 3.87. The van der Waals surface area contributed by atoms with E-state index in [1.165, 1.54) is 20.8 Å². The molecular formula is C7H17NO4. The van der Waals surface area contributed by atoms with Gasteiger partial charge in [-0.1, -0.05) is 0 Å². The SMILES string of the molecule is CC(O)C(O)N(C(C)O)C(C)O. The maximum atomic E-state index is 9.28. The molecule has 0 radical (unpaired) electrons. The average molecular weight is 179 g/mol. The molecule has 4 unspecified atom stereocenters. The maximum Gasteiger partial charge on any atom is 0.137 e. The van der Waals surface area contributed by atoms with E-state index in [1.54, 1.807) is 0 Å². The summed E-state index contributed by atoms with van der Waals surface area (Å²) in [6, 6.07) is 0. The molecule has 0 aromatic rings. The molecule has 4 N–H and O–H groups in total. The smallest absolute Gasteiger partial charge is 0.137 e. The Labute approximate surface area is 71.9 Å². The lowest BCUT2D eigenvalue weighted by atomic mass is 10.3. The van der Waals surface area contributed by atoms with Crippen molar-refractivity contribution in [2.24, 2.45) is 0 Å². The van der Waals surface area contributed by atoms with Gasteiger partial charge >= 0.3 is 0 Å². The lowest BCUT2D eigenvalue weighted by molar-refractivity contribution is -0.194. The van der Waals surface area contributed by atoms with E-state index in [0.717, 1.165) is 4.90 Å². The van der Waals surface area contributed by atoms with Gasteiger partial charge in [0.15, 0.2) is 0 Å². The van der Waals surface area contributed by atoms with Gasteiger partial charge in [-0.3, -0.25) is 0 Å². The van der Waals surface area contributed by atoms with Crippen LogP contribution in [-0.4, -0.2) is 50.1 Å². The average Bonchev–Trinajstić information content (AvgIpc) is 1.85. The van der Waals surface area contributed by atoms with Crippen molar-refractivity contribution >= 4 is 0 Å². The fourth-order valence-electron chi connectivity index (χ4n) is 1.00. The Morgan fingerprint density at radius 3 is 1.25 bits per heavy atom. The molecule has 0 aliphatic heterocycles. The molecule has 0 fully saturated rings. The van der Waals surface area contributed by atoms with Crippen LogP contribution in [0.25, 0.3) is 0 Å². The second-order valence-electron chi connectivity index (χ2n) is 2.87. The molecule has 0 aliphatic rings. The molecule has 0 heterocycles. The molecule has 4 atom stereocenters. The molecule has 0 bridgehead atoms. The van der Waals surface area contributed by atoms with Crippen molar-refractivity contribution in [3.05, 3.63) is 0 Å². The second-order valence-corrected chi connectivity index (χ2v) is 2.87. The van der Waals surface area contributed by atoms with Crippen molar-refractivity contribution in [2.75, 3.05) is 0 Å². The summed E-state index contributed by atoms with van der Waals surface area (Å²) >= 11 is 0. The highest BCUT2D eigenvalue weighted by molar-refractivity contribution is 4.67. The quantitative estimate of drug-likeness (QED) is 0.402. The van der Waals surface area contributed by atoms with Crippen LogP contribution >= 0.6 is 0 Å². The molecule has 0 amide bonds. The Morgan fingerprint density at radius 1 is 0.833 bits per heavy atom. The zero-order valence-corrected chi connectivity index (χ0v) is 7.55. The van der Waals surface area contributed by atoms with Crippen molar-refractivity contribution < 1.29 is 20.4 Å². The topological polar surface area (TPSA) is 84.2 Å². The molecule has 0 aromatic heterocycles. The molecule has 0 spiro atoms. The van der Waals surface area contributed by atoms with E-state index in [-0.39, 0.29) is 0 Å². The van der Waals surface area contributed by atoms with Crippen LogP contribution in [0.5, 0.6) is 0 Å². The predicted octanol–water partition coefficient (Wildman–Crippen LogP) is -1.34. The van der Waals surface area contributed by atoms with E-state index >= 15 is 0 Å². The van der Waals surface area contributed by atoms with Gasteiger partial charge < -0.3 is 20.4 Å². The fourth-order valence-corrected chi connectivity index (χ4v) is 1.00. The summed E-state index contributed by atoms with van der Waals surface area (Å²) in [6.07, 6.45) is -4.29. The largest absolute Gasteiger partial charge is 0.389 e. The van der Waals surface area contributed by atoms with Crippen LogP contribution in [-0.2, 0) is 0 Å². The molecular weight excluding hydrogens is 162 g/mol. The molecule has 5 nitrogen and oxygen atoms in total. The fraction of sp³-hybridized carbons (Fsp3) is 1.00. The third-order valence-corrected chi connectivity index (χ3v) is 1.60. The zero-order valence-electron chi connectivity index (χ0n) is 7.55. The minimum absolute atomic E-state index is 0.991. The molecule has 12 heavy (non-hydrogen) atoms. The van der Waals surface area contributed by atoms with Gasteiger partial charge in [-0.25, -0.2) is 4.90 Å². The van der Waals surface area contributed by atoms with Gasteiger partial charge in [0, 0.05) is 0 Å². The maximum absolute atomic E-state index is 9.28. The zero-order chi connectivity index (χ0) is 9.89. The van der Waals surface area contributed by atoms with Crippen molar-refractivity contribution in [3.8, 4) is 0 Å². The number of aliphatic hydroxyl groups is 4. The molecule has 0 saturated heterocycles. The predicted molar refractivity (Wildman–Crippen MR) is 42.9 cm³/mol. The van der Waals surface area contributed by atoms with Gasteiger partial charge in [-0.15, -0.1) is 0 Å². The highest BCUT2D eigenvalue weighted by atomic mass is 16.4. The van der Waals surface area contributed by atoms with Crippen LogP contribution in [0.3, 0.4) is 0 Å². The standard InChI is InChI=1S/C7H17NO4/c1-4(9)7(12)8(5(2)10)6(3)11/h4-7,9-12H,1-3H3. The van der Waals surface area contributed by atoms with Crippen molar-refractivity contribution in [1.82, 2.24) is 4.90 Å². The van der Waals surface area contributed by atoms with Gasteiger partial charge in [0.2, 0.25) is 0 Å². The summed E-state index contributed by atoms with van der Waals surface area (Å²) in [7, 11) is 0. The highest BCUT2D eigenvalue weighted by Crippen LogP contribution is 2.08. The van der Waals surface area contributed by atoms with Crippen LogP contribution in [0.4, 0.5) is 0 Å². The first kappa shape index (κ1) is 11.8. The lowest BCUT2D eigenvalue weighted by Gasteiger charge is -2.33. The van der Waals surface area contributed by atoms with Crippen molar-refractivity contribution in [2.45, 2.75) is 45.6 Å². The minimum Gasteiger partial charge on any atom is -0.389 e. The summed E-state index contributed by atoms with van der Waals surface area (Å²) in [6.45, 7) is 4.18. The monoisotopic (exact) mass is 179 g/mol. The van der Waals surface area contributed by atoms with Gasteiger partial charge in [0.05, 0.1) is 6.10 Å². The number of rotatable bonds is 4. The number of hydrogen-bond acceptors (Lipinski definition) is 5. The Bertz CT molecular complexity index is 119. The van der Waals surface area contributed by atoms with E-state index in [4.69, 9.17) is 15.3 Å². The third-order valence-electron chi connectivity index (χ3n) is 1.60. The van der Waals surface area contributed by atoms with E-state index in [9.17, 15) is 5.11 Å². The van der Waals surface area contributed by atoms with Gasteiger partial charge in [-0.05, 0) is 20.8 Å². The Hall–Kier alpha value is -0.200. The van der Waals surface area contributed by atoms with E-state index in [0.29, 0.717) is 0 Å². The summed E-state index contributed by atoms with van der Waals surface area (Å²) in [4.78, 5) is 0.991. The number of aliphatic hydroxyl groups excluding tert-OH is 4. The Balaban J connectivity index is 4.30. The summed E-state index contributed by atoms with van der Waals surface area (Å²) < 4.78 is 0. The van der Waals surface area contributed by atoms with Crippen LogP contribution < -0.4 is 0 Å². The molecule has 0 rings (SSSR count). The summed E-state index contributed by atoms with van der Waals surface area (Å²) in [5, 5.41) is 36.5. The molecule has 0 aliphatic carbocycles. The molecule has 0 saturated carbocycles. The normalized spacial score (nSPS) is 22.0. The third kappa shape index (κ3) is 3.04. The van der Waals surface area contributed by atoms with Crippen LogP contribution in [0, 0.1) is 0 Å². The second kappa shape index (κ2) is 4.74. The van der Waals surface area contributed by atoms with Gasteiger partial charge in [0.1, 0.15) is 18.7 Å². The number of nitrogens with zero attached hydrogens (tertiary/aromatic N) is 1. The van der Waals surface area contributed by atoms with E-state index in [1.807, 2.05) is 0 Å². The van der Waals surface area contributed by atoms with Crippen molar-refractivity contribution in [1.29, 1.82) is 0 Å².